The maximum atomic E-state index is 13.5. The van der Waals surface area contributed by atoms with Gasteiger partial charge in [-0.1, -0.05) is 12.1 Å². The summed E-state index contributed by atoms with van der Waals surface area (Å²) in [6.07, 6.45) is 0.656. The van der Waals surface area contributed by atoms with Crippen molar-refractivity contribution in [2.45, 2.75) is 26.8 Å². The molecule has 0 radical (unpaired) electrons. The molecule has 1 aliphatic heterocycles. The van der Waals surface area contributed by atoms with E-state index < -0.39 is 21.7 Å². The first-order valence-corrected chi connectivity index (χ1v) is 11.0. The van der Waals surface area contributed by atoms with Gasteiger partial charge in [-0.05, 0) is 55.7 Å². The number of sulfonamides is 1. The van der Waals surface area contributed by atoms with Gasteiger partial charge in [0.15, 0.2) is 11.6 Å². The second kappa shape index (κ2) is 8.36. The Kier molecular flexibility index (Phi) is 6.07. The fourth-order valence-corrected chi connectivity index (χ4v) is 3.86. The van der Waals surface area contributed by atoms with E-state index in [-0.39, 0.29) is 18.3 Å². The molecule has 2 aromatic carbocycles. The number of nitrogens with zero attached hydrogens (tertiary/aromatic N) is 2. The van der Waals surface area contributed by atoms with Gasteiger partial charge in [0.2, 0.25) is 10.0 Å². The Morgan fingerprint density at radius 2 is 1.83 bits per heavy atom. The average Bonchev–Trinajstić information content (AvgIpc) is 2.67. The predicted molar refractivity (Wildman–Crippen MR) is 108 cm³/mol. The van der Waals surface area contributed by atoms with Crippen LogP contribution in [-0.2, 0) is 16.6 Å². The SMILES string of the molecule is CCS(=O)(=O)Nc1cc(C)ccc1N1CCCN(Cc2ccc(F)c(F)c2)C1=O. The van der Waals surface area contributed by atoms with Crippen molar-refractivity contribution in [1.82, 2.24) is 4.90 Å². The lowest BCUT2D eigenvalue weighted by molar-refractivity contribution is 0.192. The molecule has 3 rings (SSSR count). The molecule has 0 saturated carbocycles. The molecule has 29 heavy (non-hydrogen) atoms. The van der Waals surface area contributed by atoms with Crippen LogP contribution >= 0.6 is 0 Å². The zero-order valence-corrected chi connectivity index (χ0v) is 17.1. The summed E-state index contributed by atoms with van der Waals surface area (Å²) in [6.45, 7) is 4.40. The highest BCUT2D eigenvalue weighted by Crippen LogP contribution is 2.31. The summed E-state index contributed by atoms with van der Waals surface area (Å²) in [5, 5.41) is 0. The summed E-state index contributed by atoms with van der Waals surface area (Å²) < 4.78 is 53.3. The van der Waals surface area contributed by atoms with Crippen LogP contribution in [0.15, 0.2) is 36.4 Å². The van der Waals surface area contributed by atoms with Gasteiger partial charge in [-0.25, -0.2) is 22.0 Å². The number of urea groups is 1. The highest BCUT2D eigenvalue weighted by molar-refractivity contribution is 7.92. The molecular formula is C20H23F2N3O3S. The molecule has 1 fully saturated rings. The fourth-order valence-electron chi connectivity index (χ4n) is 3.22. The Morgan fingerprint density at radius 3 is 2.52 bits per heavy atom. The molecule has 0 unspecified atom stereocenters. The normalized spacial score (nSPS) is 15.0. The first-order chi connectivity index (χ1) is 13.7. The van der Waals surface area contributed by atoms with Gasteiger partial charge in [0, 0.05) is 19.6 Å². The molecule has 9 heteroatoms. The summed E-state index contributed by atoms with van der Waals surface area (Å²) in [6, 6.07) is 8.44. The third kappa shape index (κ3) is 4.84. The summed E-state index contributed by atoms with van der Waals surface area (Å²) in [5.74, 6) is -1.98. The molecule has 156 valence electrons. The van der Waals surface area contributed by atoms with E-state index in [1.165, 1.54) is 22.8 Å². The van der Waals surface area contributed by atoms with Gasteiger partial charge in [-0.15, -0.1) is 0 Å². The quantitative estimate of drug-likeness (QED) is 0.767. The van der Waals surface area contributed by atoms with Gasteiger partial charge in [0.05, 0.1) is 17.1 Å². The van der Waals surface area contributed by atoms with Gasteiger partial charge in [0.25, 0.3) is 0 Å². The molecule has 1 saturated heterocycles. The van der Waals surface area contributed by atoms with Crippen molar-refractivity contribution < 1.29 is 22.0 Å². The Morgan fingerprint density at radius 1 is 1.07 bits per heavy atom. The van der Waals surface area contributed by atoms with E-state index in [4.69, 9.17) is 0 Å². The predicted octanol–water partition coefficient (Wildman–Crippen LogP) is 3.87. The molecule has 2 amide bonds. The van der Waals surface area contributed by atoms with Crippen molar-refractivity contribution >= 4 is 27.4 Å². The van der Waals surface area contributed by atoms with Crippen LogP contribution in [0.2, 0.25) is 0 Å². The Hall–Kier alpha value is -2.68. The third-order valence-corrected chi connectivity index (χ3v) is 6.05. The number of hydrogen-bond acceptors (Lipinski definition) is 3. The zero-order chi connectivity index (χ0) is 21.2. The highest BCUT2D eigenvalue weighted by Gasteiger charge is 2.29. The Bertz CT molecular complexity index is 1030. The minimum atomic E-state index is -3.52. The summed E-state index contributed by atoms with van der Waals surface area (Å²) >= 11 is 0. The molecule has 1 aliphatic rings. The molecule has 1 heterocycles. The number of carbonyl (C=O) groups is 1. The van der Waals surface area contributed by atoms with Gasteiger partial charge in [-0.3, -0.25) is 9.62 Å². The van der Waals surface area contributed by atoms with Crippen LogP contribution in [-0.4, -0.2) is 38.2 Å². The molecule has 0 atom stereocenters. The number of halogens is 2. The van der Waals surface area contributed by atoms with Crippen LogP contribution in [0.3, 0.4) is 0 Å². The number of nitrogens with one attached hydrogen (secondary N) is 1. The lowest BCUT2D eigenvalue weighted by Crippen LogP contribution is -2.49. The Balaban J connectivity index is 1.87. The molecule has 0 aliphatic carbocycles. The lowest BCUT2D eigenvalue weighted by atomic mass is 10.1. The smallest absolute Gasteiger partial charge is 0.320 e. The van der Waals surface area contributed by atoms with Crippen LogP contribution in [0.1, 0.15) is 24.5 Å². The van der Waals surface area contributed by atoms with Crippen LogP contribution < -0.4 is 9.62 Å². The van der Waals surface area contributed by atoms with E-state index in [2.05, 4.69) is 4.72 Å². The van der Waals surface area contributed by atoms with Crippen molar-refractivity contribution in [2.75, 3.05) is 28.5 Å². The minimum absolute atomic E-state index is 0.0867. The van der Waals surface area contributed by atoms with E-state index in [9.17, 15) is 22.0 Å². The average molecular weight is 423 g/mol. The first-order valence-electron chi connectivity index (χ1n) is 9.31. The van der Waals surface area contributed by atoms with Gasteiger partial charge >= 0.3 is 6.03 Å². The van der Waals surface area contributed by atoms with E-state index in [0.29, 0.717) is 36.4 Å². The largest absolute Gasteiger partial charge is 0.324 e. The summed E-state index contributed by atoms with van der Waals surface area (Å²) in [4.78, 5) is 16.1. The molecule has 2 aromatic rings. The van der Waals surface area contributed by atoms with Crippen LogP contribution in [0.25, 0.3) is 0 Å². The van der Waals surface area contributed by atoms with E-state index in [0.717, 1.165) is 17.7 Å². The number of anilines is 2. The number of benzene rings is 2. The lowest BCUT2D eigenvalue weighted by Gasteiger charge is -2.36. The van der Waals surface area contributed by atoms with E-state index >= 15 is 0 Å². The van der Waals surface area contributed by atoms with E-state index in [1.807, 2.05) is 6.92 Å². The topological polar surface area (TPSA) is 69.7 Å². The molecule has 0 aromatic heterocycles. The van der Waals surface area contributed by atoms with Crippen molar-refractivity contribution in [2.24, 2.45) is 0 Å². The van der Waals surface area contributed by atoms with Gasteiger partial charge in [-0.2, -0.15) is 0 Å². The van der Waals surface area contributed by atoms with E-state index in [1.54, 1.807) is 18.2 Å². The second-order valence-electron chi connectivity index (χ2n) is 6.98. The van der Waals surface area contributed by atoms with Gasteiger partial charge < -0.3 is 4.90 Å². The van der Waals surface area contributed by atoms with Gasteiger partial charge in [0.1, 0.15) is 0 Å². The van der Waals surface area contributed by atoms with Crippen molar-refractivity contribution in [1.29, 1.82) is 0 Å². The number of rotatable bonds is 6. The second-order valence-corrected chi connectivity index (χ2v) is 8.99. The Labute approximate surface area is 169 Å². The van der Waals surface area contributed by atoms with Crippen molar-refractivity contribution in [3.63, 3.8) is 0 Å². The fraction of sp³-hybridized carbons (Fsp3) is 0.350. The van der Waals surface area contributed by atoms with Crippen LogP contribution in [0, 0.1) is 18.6 Å². The number of amides is 2. The highest BCUT2D eigenvalue weighted by atomic mass is 32.2. The zero-order valence-electron chi connectivity index (χ0n) is 16.3. The minimum Gasteiger partial charge on any atom is -0.320 e. The number of carbonyl (C=O) groups excluding carboxylic acids is 1. The maximum absolute atomic E-state index is 13.5. The summed E-state index contributed by atoms with van der Waals surface area (Å²) in [7, 11) is -3.52. The molecule has 0 bridgehead atoms. The molecule has 0 spiro atoms. The van der Waals surface area contributed by atoms with Crippen LogP contribution in [0.4, 0.5) is 25.0 Å². The number of hydrogen-bond donors (Lipinski definition) is 1. The monoisotopic (exact) mass is 423 g/mol. The number of aryl methyl sites for hydroxylation is 1. The molecular weight excluding hydrogens is 400 g/mol. The standard InChI is InChI=1S/C20H23F2N3O3S/c1-3-29(27,28)23-18-11-14(2)5-8-19(18)25-10-4-9-24(20(25)26)13-15-6-7-16(21)17(22)12-15/h5-8,11-12,23H,3-4,9-10,13H2,1-2H3. The molecule has 1 N–H and O–H groups in total. The van der Waals surface area contributed by atoms with Crippen molar-refractivity contribution in [3.05, 3.63) is 59.2 Å². The van der Waals surface area contributed by atoms with Crippen molar-refractivity contribution in [3.8, 4) is 0 Å². The summed E-state index contributed by atoms with van der Waals surface area (Å²) in [5.41, 5.74) is 2.14. The first kappa shape index (κ1) is 21.0. The third-order valence-electron chi connectivity index (χ3n) is 4.76. The van der Waals surface area contributed by atoms with Crippen LogP contribution in [0.5, 0.6) is 0 Å². The maximum Gasteiger partial charge on any atom is 0.324 e. The molecule has 6 nitrogen and oxygen atoms in total.